The average molecular weight is 338 g/mol. The number of carboxylic acid groups (broad SMARTS) is 1. The molecule has 0 aliphatic carbocycles. The molecule has 2 amide bonds. The van der Waals surface area contributed by atoms with Crippen molar-refractivity contribution in [2.24, 2.45) is 0 Å². The number of rotatable bonds is 4. The maximum Gasteiger partial charge on any atom is 0.337 e. The Labute approximate surface area is 142 Å². The number of aromatic carboxylic acids is 1. The number of nitrogens with one attached hydrogen (secondary N) is 2. The van der Waals surface area contributed by atoms with Crippen LogP contribution in [0.5, 0.6) is 5.75 Å². The van der Waals surface area contributed by atoms with Crippen LogP contribution >= 0.6 is 0 Å². The number of carbonyl (C=O) groups is 3. The molecule has 0 bridgehead atoms. The van der Waals surface area contributed by atoms with Gasteiger partial charge in [0.25, 0.3) is 5.91 Å². The third-order valence-electron chi connectivity index (χ3n) is 3.50. The van der Waals surface area contributed by atoms with Crippen molar-refractivity contribution >= 4 is 29.2 Å². The van der Waals surface area contributed by atoms with E-state index in [1.54, 1.807) is 36.4 Å². The fourth-order valence-corrected chi connectivity index (χ4v) is 2.32. The van der Waals surface area contributed by atoms with E-state index in [9.17, 15) is 14.4 Å². The third kappa shape index (κ3) is 3.66. The zero-order chi connectivity index (χ0) is 17.8. The molecule has 0 saturated heterocycles. The van der Waals surface area contributed by atoms with Crippen LogP contribution in [-0.4, -0.2) is 29.0 Å². The van der Waals surface area contributed by atoms with E-state index in [2.05, 4.69) is 10.6 Å². The molecule has 2 aromatic carbocycles. The normalized spacial score (nSPS) is 15.8. The van der Waals surface area contributed by atoms with E-state index < -0.39 is 23.9 Å². The van der Waals surface area contributed by atoms with Crippen LogP contribution in [0.15, 0.2) is 60.7 Å². The van der Waals surface area contributed by atoms with Crippen LogP contribution < -0.4 is 15.4 Å². The average Bonchev–Trinajstić information content (AvgIpc) is 2.60. The molecule has 25 heavy (non-hydrogen) atoms. The first-order valence-corrected chi connectivity index (χ1v) is 7.42. The van der Waals surface area contributed by atoms with Crippen molar-refractivity contribution in [2.75, 3.05) is 10.6 Å². The van der Waals surface area contributed by atoms with Crippen LogP contribution in [0.25, 0.3) is 0 Å². The van der Waals surface area contributed by atoms with Gasteiger partial charge in [0.15, 0.2) is 6.10 Å². The molecule has 0 radical (unpaired) electrons. The summed E-state index contributed by atoms with van der Waals surface area (Å²) >= 11 is 0. The number of hydrogen-bond acceptors (Lipinski definition) is 4. The van der Waals surface area contributed by atoms with Crippen molar-refractivity contribution in [2.45, 2.75) is 6.10 Å². The lowest BCUT2D eigenvalue weighted by Crippen LogP contribution is -2.35. The molecule has 1 aliphatic rings. The lowest BCUT2D eigenvalue weighted by molar-refractivity contribution is -0.121. The molecule has 1 heterocycles. The molecular formula is C18H14N2O5. The second kappa shape index (κ2) is 6.88. The molecular weight excluding hydrogens is 324 g/mol. The van der Waals surface area contributed by atoms with Gasteiger partial charge in [0.2, 0.25) is 5.91 Å². The van der Waals surface area contributed by atoms with E-state index in [-0.39, 0.29) is 11.3 Å². The molecule has 0 saturated carbocycles. The highest BCUT2D eigenvalue weighted by Crippen LogP contribution is 2.29. The predicted molar refractivity (Wildman–Crippen MR) is 90.7 cm³/mol. The van der Waals surface area contributed by atoms with Crippen molar-refractivity contribution in [3.63, 3.8) is 0 Å². The number of para-hydroxylation sites is 3. The number of ether oxygens (including phenoxy) is 1. The quantitative estimate of drug-likeness (QED) is 0.742. The Hall–Kier alpha value is -3.61. The topological polar surface area (TPSA) is 105 Å². The summed E-state index contributed by atoms with van der Waals surface area (Å²) in [5, 5.41) is 14.3. The van der Waals surface area contributed by atoms with Gasteiger partial charge in [-0.2, -0.15) is 0 Å². The van der Waals surface area contributed by atoms with Crippen LogP contribution in [0, 0.1) is 0 Å². The van der Waals surface area contributed by atoms with Crippen molar-refractivity contribution < 1.29 is 24.2 Å². The maximum absolute atomic E-state index is 12.0. The Morgan fingerprint density at radius 2 is 1.84 bits per heavy atom. The number of fused-ring (bicyclic) bond motifs is 1. The van der Waals surface area contributed by atoms with E-state index >= 15 is 0 Å². The van der Waals surface area contributed by atoms with E-state index in [4.69, 9.17) is 9.84 Å². The van der Waals surface area contributed by atoms with Gasteiger partial charge in [-0.05, 0) is 30.3 Å². The molecule has 7 heteroatoms. The Morgan fingerprint density at radius 3 is 2.64 bits per heavy atom. The van der Waals surface area contributed by atoms with Crippen molar-refractivity contribution in [3.8, 4) is 5.75 Å². The van der Waals surface area contributed by atoms with Gasteiger partial charge in [0, 0.05) is 6.08 Å². The van der Waals surface area contributed by atoms with E-state index in [1.165, 1.54) is 18.2 Å². The van der Waals surface area contributed by atoms with Crippen LogP contribution in [0.4, 0.5) is 11.4 Å². The van der Waals surface area contributed by atoms with E-state index in [1.807, 2.05) is 0 Å². The lowest BCUT2D eigenvalue weighted by atomic mass is 10.1. The zero-order valence-electron chi connectivity index (χ0n) is 12.9. The summed E-state index contributed by atoms with van der Waals surface area (Å²) in [5.41, 5.74) is 0.714. The van der Waals surface area contributed by atoms with Crippen LogP contribution in [-0.2, 0) is 9.59 Å². The number of benzene rings is 2. The number of amides is 2. The third-order valence-corrected chi connectivity index (χ3v) is 3.50. The fraction of sp³-hybridized carbons (Fsp3) is 0.0556. The number of carbonyl (C=O) groups excluding carboxylic acids is 2. The van der Waals surface area contributed by atoms with Gasteiger partial charge in [-0.3, -0.25) is 9.59 Å². The first-order chi connectivity index (χ1) is 12.0. The molecule has 1 unspecified atom stereocenters. The monoisotopic (exact) mass is 338 g/mol. The van der Waals surface area contributed by atoms with Gasteiger partial charge in [0.1, 0.15) is 5.75 Å². The Morgan fingerprint density at radius 1 is 1.12 bits per heavy atom. The van der Waals surface area contributed by atoms with Gasteiger partial charge in [-0.15, -0.1) is 0 Å². The Balaban J connectivity index is 1.69. The molecule has 1 atom stereocenters. The van der Waals surface area contributed by atoms with Gasteiger partial charge < -0.3 is 20.5 Å². The van der Waals surface area contributed by atoms with Gasteiger partial charge in [-0.25, -0.2) is 4.79 Å². The molecule has 2 aromatic rings. The summed E-state index contributed by atoms with van der Waals surface area (Å²) in [4.78, 5) is 35.1. The summed E-state index contributed by atoms with van der Waals surface area (Å²) in [6, 6.07) is 13.0. The highest BCUT2D eigenvalue weighted by Gasteiger charge is 2.25. The molecule has 7 nitrogen and oxygen atoms in total. The summed E-state index contributed by atoms with van der Waals surface area (Å²) in [7, 11) is 0. The number of hydrogen-bond donors (Lipinski definition) is 3. The smallest absolute Gasteiger partial charge is 0.337 e. The standard InChI is InChI=1S/C18H14N2O5/c21-16(19-12-6-2-1-5-11(12)18(23)24)10-9-15-17(22)20-13-7-3-4-8-14(13)25-15/h1-10,15H,(H,19,21)(H,20,22)(H,23,24)/b10-9+. The lowest BCUT2D eigenvalue weighted by Gasteiger charge is -2.23. The summed E-state index contributed by atoms with van der Waals surface area (Å²) in [5.74, 6) is -1.60. The van der Waals surface area contributed by atoms with Crippen LogP contribution in [0.1, 0.15) is 10.4 Å². The molecule has 126 valence electrons. The minimum absolute atomic E-state index is 0.0233. The maximum atomic E-state index is 12.0. The highest BCUT2D eigenvalue weighted by atomic mass is 16.5. The second-order valence-electron chi connectivity index (χ2n) is 5.22. The predicted octanol–water partition coefficient (Wildman–Crippen LogP) is 2.28. The van der Waals surface area contributed by atoms with Crippen LogP contribution in [0.2, 0.25) is 0 Å². The van der Waals surface area contributed by atoms with Gasteiger partial charge in [-0.1, -0.05) is 24.3 Å². The SMILES string of the molecule is O=C(/C=C/C1Oc2ccccc2NC1=O)Nc1ccccc1C(=O)O. The minimum Gasteiger partial charge on any atom is -0.478 e. The van der Waals surface area contributed by atoms with Gasteiger partial charge >= 0.3 is 5.97 Å². The zero-order valence-corrected chi connectivity index (χ0v) is 12.9. The Bertz CT molecular complexity index is 875. The first kappa shape index (κ1) is 16.3. The molecule has 3 rings (SSSR count). The van der Waals surface area contributed by atoms with E-state index in [0.717, 1.165) is 6.08 Å². The largest absolute Gasteiger partial charge is 0.478 e. The summed E-state index contributed by atoms with van der Waals surface area (Å²) in [6.45, 7) is 0. The van der Waals surface area contributed by atoms with Crippen molar-refractivity contribution in [1.29, 1.82) is 0 Å². The molecule has 0 fully saturated rings. The summed E-state index contributed by atoms with van der Waals surface area (Å²) < 4.78 is 5.53. The molecule has 0 aromatic heterocycles. The number of carboxylic acids is 1. The number of anilines is 2. The van der Waals surface area contributed by atoms with E-state index in [0.29, 0.717) is 11.4 Å². The molecule has 1 aliphatic heterocycles. The fourth-order valence-electron chi connectivity index (χ4n) is 2.32. The van der Waals surface area contributed by atoms with Crippen molar-refractivity contribution in [3.05, 3.63) is 66.2 Å². The molecule has 0 spiro atoms. The molecule has 3 N–H and O–H groups in total. The first-order valence-electron chi connectivity index (χ1n) is 7.42. The highest BCUT2D eigenvalue weighted by molar-refractivity contribution is 6.05. The minimum atomic E-state index is -1.15. The van der Waals surface area contributed by atoms with Crippen molar-refractivity contribution in [1.82, 2.24) is 0 Å². The van der Waals surface area contributed by atoms with Gasteiger partial charge in [0.05, 0.1) is 16.9 Å². The second-order valence-corrected chi connectivity index (χ2v) is 5.22. The van der Waals surface area contributed by atoms with Crippen LogP contribution in [0.3, 0.4) is 0 Å². The summed E-state index contributed by atoms with van der Waals surface area (Å²) in [6.07, 6.45) is 1.50. The Kier molecular flexibility index (Phi) is 4.47.